The van der Waals surface area contributed by atoms with Crippen molar-refractivity contribution in [3.63, 3.8) is 0 Å². The van der Waals surface area contributed by atoms with E-state index >= 15 is 0 Å². The molecule has 5 heteroatoms. The van der Waals surface area contributed by atoms with Gasteiger partial charge in [0.25, 0.3) is 5.88 Å². The summed E-state index contributed by atoms with van der Waals surface area (Å²) in [6.45, 7) is 0.0390. The molecule has 0 saturated heterocycles. The smallest absolute Gasteiger partial charge is 0.252 e. The van der Waals surface area contributed by atoms with E-state index in [0.29, 0.717) is 11.1 Å². The van der Waals surface area contributed by atoms with Gasteiger partial charge in [0.1, 0.15) is 18.2 Å². The van der Waals surface area contributed by atoms with E-state index in [4.69, 9.17) is 15.1 Å². The van der Waals surface area contributed by atoms with Crippen molar-refractivity contribution in [1.82, 2.24) is 9.61 Å². The first kappa shape index (κ1) is 9.49. The number of ether oxygens (including phenoxy) is 1. The van der Waals surface area contributed by atoms with Gasteiger partial charge in [-0.05, 0) is 12.1 Å². The zero-order valence-electron chi connectivity index (χ0n) is 7.92. The van der Waals surface area contributed by atoms with Crippen molar-refractivity contribution >= 4 is 5.52 Å². The third kappa shape index (κ3) is 1.63. The summed E-state index contributed by atoms with van der Waals surface area (Å²) in [6, 6.07) is 7.47. The maximum atomic E-state index is 8.96. The molecule has 0 saturated carbocycles. The number of aliphatic hydroxyl groups is 1. The molecule has 2 rings (SSSR count). The zero-order chi connectivity index (χ0) is 10.7. The molecule has 76 valence electrons. The molecular formula is C10H9N3O2. The minimum absolute atomic E-state index is 0.0985. The molecule has 0 aromatic carbocycles. The van der Waals surface area contributed by atoms with Gasteiger partial charge in [0.05, 0.1) is 12.1 Å². The number of hydrogen-bond acceptors (Lipinski definition) is 4. The number of fused-ring (bicyclic) bond motifs is 1. The van der Waals surface area contributed by atoms with E-state index in [2.05, 4.69) is 5.10 Å². The molecular weight excluding hydrogens is 194 g/mol. The first-order valence-corrected chi connectivity index (χ1v) is 4.48. The van der Waals surface area contributed by atoms with Crippen LogP contribution in [0.25, 0.3) is 5.52 Å². The maximum absolute atomic E-state index is 8.96. The fraction of sp³-hybridized carbons (Fsp3) is 0.200. The van der Waals surface area contributed by atoms with Gasteiger partial charge in [-0.2, -0.15) is 5.26 Å². The number of pyridine rings is 1. The predicted octanol–water partition coefficient (Wildman–Crippen LogP) is 0.577. The van der Waals surface area contributed by atoms with Crippen LogP contribution in [0.1, 0.15) is 5.56 Å². The molecule has 0 atom stereocenters. The lowest BCUT2D eigenvalue weighted by molar-refractivity contribution is 0.196. The number of hydrogen-bond donors (Lipinski definition) is 1. The van der Waals surface area contributed by atoms with Crippen molar-refractivity contribution in [1.29, 1.82) is 5.26 Å². The summed E-state index contributed by atoms with van der Waals surface area (Å²) in [6.07, 6.45) is 1.74. The topological polar surface area (TPSA) is 70.5 Å². The Morgan fingerprint density at radius 2 is 2.40 bits per heavy atom. The molecule has 0 unspecified atom stereocenters. The quantitative estimate of drug-likeness (QED) is 0.792. The Bertz CT molecular complexity index is 513. The number of nitrogens with zero attached hydrogens (tertiary/aromatic N) is 3. The standard InChI is InChI=1S/C10H9N3O2/c11-7-8-9-3-1-2-4-13(9)12-10(8)15-6-5-14/h1-4,14H,5-6H2. The van der Waals surface area contributed by atoms with E-state index in [0.717, 1.165) is 0 Å². The molecule has 0 aliphatic rings. The number of aromatic nitrogens is 2. The van der Waals surface area contributed by atoms with E-state index in [1.807, 2.05) is 18.2 Å². The number of nitriles is 1. The van der Waals surface area contributed by atoms with Gasteiger partial charge in [-0.25, -0.2) is 4.52 Å². The lowest BCUT2D eigenvalue weighted by atomic mass is 10.3. The summed E-state index contributed by atoms with van der Waals surface area (Å²) in [4.78, 5) is 0. The predicted molar refractivity (Wildman–Crippen MR) is 52.5 cm³/mol. The molecule has 0 fully saturated rings. The average molecular weight is 203 g/mol. The molecule has 0 aliphatic carbocycles. The van der Waals surface area contributed by atoms with Gasteiger partial charge in [0.2, 0.25) is 0 Å². The van der Waals surface area contributed by atoms with Crippen molar-refractivity contribution in [2.45, 2.75) is 0 Å². The third-order valence-corrected chi connectivity index (χ3v) is 1.95. The Kier molecular flexibility index (Phi) is 2.52. The van der Waals surface area contributed by atoms with Gasteiger partial charge in [0.15, 0.2) is 0 Å². The van der Waals surface area contributed by atoms with Crippen LogP contribution in [-0.2, 0) is 0 Å². The van der Waals surface area contributed by atoms with Crippen LogP contribution in [0.5, 0.6) is 5.88 Å². The molecule has 2 aromatic heterocycles. The molecule has 1 N–H and O–H groups in total. The molecule has 2 heterocycles. The van der Waals surface area contributed by atoms with Crippen molar-refractivity contribution in [3.05, 3.63) is 30.0 Å². The van der Waals surface area contributed by atoms with Crippen LogP contribution in [0.15, 0.2) is 24.4 Å². The van der Waals surface area contributed by atoms with E-state index in [-0.39, 0.29) is 19.1 Å². The monoisotopic (exact) mass is 203 g/mol. The second-order valence-electron chi connectivity index (χ2n) is 2.89. The summed E-state index contributed by atoms with van der Waals surface area (Å²) in [7, 11) is 0. The average Bonchev–Trinajstić information content (AvgIpc) is 2.63. The van der Waals surface area contributed by atoms with E-state index in [9.17, 15) is 0 Å². The largest absolute Gasteiger partial charge is 0.473 e. The lowest BCUT2D eigenvalue weighted by Crippen LogP contribution is -2.02. The van der Waals surface area contributed by atoms with Gasteiger partial charge in [-0.1, -0.05) is 6.07 Å². The van der Waals surface area contributed by atoms with Gasteiger partial charge in [-0.15, -0.1) is 5.10 Å². The summed E-state index contributed by atoms with van der Waals surface area (Å²) in [5.41, 5.74) is 1.09. The summed E-state index contributed by atoms with van der Waals surface area (Å²) in [5, 5.41) is 21.7. The lowest BCUT2D eigenvalue weighted by Gasteiger charge is -1.97. The molecule has 0 amide bonds. The second-order valence-corrected chi connectivity index (χ2v) is 2.89. The number of aliphatic hydroxyl groups excluding tert-OH is 1. The summed E-state index contributed by atoms with van der Waals surface area (Å²) < 4.78 is 6.73. The van der Waals surface area contributed by atoms with Gasteiger partial charge in [0, 0.05) is 6.20 Å². The summed E-state index contributed by atoms with van der Waals surface area (Å²) in [5.74, 6) is 0.262. The van der Waals surface area contributed by atoms with Crippen molar-refractivity contribution in [2.24, 2.45) is 0 Å². The molecule has 2 aromatic rings. The van der Waals surface area contributed by atoms with Crippen LogP contribution >= 0.6 is 0 Å². The molecule has 0 spiro atoms. The van der Waals surface area contributed by atoms with Gasteiger partial charge >= 0.3 is 0 Å². The fourth-order valence-corrected chi connectivity index (χ4v) is 1.33. The van der Waals surface area contributed by atoms with Gasteiger partial charge in [-0.3, -0.25) is 0 Å². The third-order valence-electron chi connectivity index (χ3n) is 1.95. The Morgan fingerprint density at radius 3 is 3.13 bits per heavy atom. The van der Waals surface area contributed by atoms with Crippen LogP contribution in [0.2, 0.25) is 0 Å². The van der Waals surface area contributed by atoms with Crippen molar-refractivity contribution in [2.75, 3.05) is 13.2 Å². The SMILES string of the molecule is N#Cc1c(OCCO)nn2ccccc12. The Hall–Kier alpha value is -2.06. The highest BCUT2D eigenvalue weighted by atomic mass is 16.5. The van der Waals surface area contributed by atoms with Crippen LogP contribution in [0.3, 0.4) is 0 Å². The van der Waals surface area contributed by atoms with E-state index < -0.39 is 0 Å². The Balaban J connectivity index is 2.50. The second kappa shape index (κ2) is 3.98. The van der Waals surface area contributed by atoms with Crippen LogP contribution < -0.4 is 4.74 Å². The minimum atomic E-state index is -0.0985. The minimum Gasteiger partial charge on any atom is -0.473 e. The Morgan fingerprint density at radius 1 is 1.53 bits per heavy atom. The highest BCUT2D eigenvalue weighted by molar-refractivity contribution is 5.64. The Labute approximate surface area is 86.1 Å². The number of rotatable bonds is 3. The fourth-order valence-electron chi connectivity index (χ4n) is 1.33. The maximum Gasteiger partial charge on any atom is 0.252 e. The van der Waals surface area contributed by atoms with E-state index in [1.54, 1.807) is 16.8 Å². The molecule has 5 nitrogen and oxygen atoms in total. The normalized spacial score (nSPS) is 10.1. The molecule has 15 heavy (non-hydrogen) atoms. The van der Waals surface area contributed by atoms with Crippen LogP contribution in [0.4, 0.5) is 0 Å². The van der Waals surface area contributed by atoms with Crippen molar-refractivity contribution in [3.8, 4) is 11.9 Å². The first-order valence-electron chi connectivity index (χ1n) is 4.48. The van der Waals surface area contributed by atoms with Crippen LogP contribution in [0, 0.1) is 11.3 Å². The van der Waals surface area contributed by atoms with Crippen molar-refractivity contribution < 1.29 is 9.84 Å². The van der Waals surface area contributed by atoms with Gasteiger partial charge < -0.3 is 9.84 Å². The summed E-state index contributed by atoms with van der Waals surface area (Å²) >= 11 is 0. The first-order chi connectivity index (χ1) is 7.36. The zero-order valence-corrected chi connectivity index (χ0v) is 7.92. The molecule has 0 aliphatic heterocycles. The van der Waals surface area contributed by atoms with E-state index in [1.165, 1.54) is 0 Å². The van der Waals surface area contributed by atoms with Crippen LogP contribution in [-0.4, -0.2) is 27.9 Å². The molecule has 0 radical (unpaired) electrons. The molecule has 0 bridgehead atoms. The highest BCUT2D eigenvalue weighted by Gasteiger charge is 2.12. The highest BCUT2D eigenvalue weighted by Crippen LogP contribution is 2.20.